The van der Waals surface area contributed by atoms with Crippen LogP contribution in [0.1, 0.15) is 32.1 Å². The maximum Gasteiger partial charge on any atom is 0.229 e. The van der Waals surface area contributed by atoms with Crippen LogP contribution in [0.2, 0.25) is 5.02 Å². The van der Waals surface area contributed by atoms with Crippen LogP contribution in [0.25, 0.3) is 0 Å². The van der Waals surface area contributed by atoms with Gasteiger partial charge in [0.15, 0.2) is 5.11 Å². The SMILES string of the molecule is O=C(NC(=S)Nc1ccc(Br)c(Cl)c1)C1CCCCC1. The molecule has 108 valence electrons. The van der Waals surface area contributed by atoms with Gasteiger partial charge in [0.25, 0.3) is 0 Å². The molecule has 0 heterocycles. The molecule has 0 radical (unpaired) electrons. The predicted octanol–water partition coefficient (Wildman–Crippen LogP) is 4.50. The number of nitrogens with one attached hydrogen (secondary N) is 2. The molecule has 2 rings (SSSR count). The Labute approximate surface area is 137 Å². The number of hydrogen-bond acceptors (Lipinski definition) is 2. The molecule has 0 aromatic heterocycles. The fraction of sp³-hybridized carbons (Fsp3) is 0.429. The number of carbonyl (C=O) groups excluding carboxylic acids is 1. The van der Waals surface area contributed by atoms with Crippen LogP contribution in [0.15, 0.2) is 22.7 Å². The molecule has 1 fully saturated rings. The molecule has 0 bridgehead atoms. The van der Waals surface area contributed by atoms with Crippen molar-refractivity contribution in [1.82, 2.24) is 5.32 Å². The van der Waals surface area contributed by atoms with Crippen LogP contribution in [0.5, 0.6) is 0 Å². The molecule has 0 saturated heterocycles. The largest absolute Gasteiger partial charge is 0.332 e. The van der Waals surface area contributed by atoms with Gasteiger partial charge in [-0.3, -0.25) is 4.79 Å². The zero-order valence-corrected chi connectivity index (χ0v) is 14.1. The van der Waals surface area contributed by atoms with Crippen LogP contribution in [0.3, 0.4) is 0 Å². The van der Waals surface area contributed by atoms with Gasteiger partial charge in [-0.1, -0.05) is 30.9 Å². The number of thiocarbonyl (C=S) groups is 1. The molecule has 6 heteroatoms. The molecule has 1 amide bonds. The summed E-state index contributed by atoms with van der Waals surface area (Å²) in [6.07, 6.45) is 5.39. The van der Waals surface area contributed by atoms with Crippen molar-refractivity contribution < 1.29 is 4.79 Å². The third-order valence-electron chi connectivity index (χ3n) is 3.39. The third kappa shape index (κ3) is 4.43. The van der Waals surface area contributed by atoms with Crippen molar-refractivity contribution in [3.8, 4) is 0 Å². The highest BCUT2D eigenvalue weighted by Gasteiger charge is 2.21. The Balaban J connectivity index is 1.88. The Hall–Kier alpha value is -0.650. The van der Waals surface area contributed by atoms with E-state index in [4.69, 9.17) is 23.8 Å². The lowest BCUT2D eigenvalue weighted by Gasteiger charge is -2.21. The van der Waals surface area contributed by atoms with Crippen LogP contribution in [-0.4, -0.2) is 11.0 Å². The van der Waals surface area contributed by atoms with E-state index in [0.717, 1.165) is 35.8 Å². The highest BCUT2D eigenvalue weighted by molar-refractivity contribution is 9.10. The summed E-state index contributed by atoms with van der Waals surface area (Å²) in [5.41, 5.74) is 0.757. The van der Waals surface area contributed by atoms with E-state index in [-0.39, 0.29) is 11.8 Å². The Morgan fingerprint density at radius 1 is 1.30 bits per heavy atom. The minimum Gasteiger partial charge on any atom is -0.332 e. The maximum absolute atomic E-state index is 12.0. The molecule has 1 aliphatic rings. The van der Waals surface area contributed by atoms with Crippen molar-refractivity contribution in [2.75, 3.05) is 5.32 Å². The molecular weight excluding hydrogens is 360 g/mol. The van der Waals surface area contributed by atoms with Gasteiger partial charge in [-0.15, -0.1) is 0 Å². The summed E-state index contributed by atoms with van der Waals surface area (Å²) in [7, 11) is 0. The highest BCUT2D eigenvalue weighted by Crippen LogP contribution is 2.26. The maximum atomic E-state index is 12.0. The van der Waals surface area contributed by atoms with E-state index >= 15 is 0 Å². The number of carbonyl (C=O) groups is 1. The standard InChI is InChI=1S/C14H16BrClN2OS/c15-11-7-6-10(8-12(11)16)17-14(20)18-13(19)9-4-2-1-3-5-9/h6-9H,1-5H2,(H2,17,18,19,20). The van der Waals surface area contributed by atoms with Gasteiger partial charge in [0, 0.05) is 16.1 Å². The van der Waals surface area contributed by atoms with Crippen molar-refractivity contribution in [2.24, 2.45) is 5.92 Å². The summed E-state index contributed by atoms with van der Waals surface area (Å²) in [4.78, 5) is 12.0. The third-order valence-corrected chi connectivity index (χ3v) is 4.83. The second-order valence-corrected chi connectivity index (χ2v) is 6.58. The minimum atomic E-state index is 0.0189. The molecule has 1 aromatic carbocycles. The molecule has 1 aliphatic carbocycles. The average molecular weight is 376 g/mol. The van der Waals surface area contributed by atoms with E-state index in [0.29, 0.717) is 10.1 Å². The van der Waals surface area contributed by atoms with Gasteiger partial charge in [0.1, 0.15) is 0 Å². The molecule has 0 atom stereocenters. The zero-order chi connectivity index (χ0) is 14.5. The lowest BCUT2D eigenvalue weighted by Crippen LogP contribution is -2.38. The zero-order valence-electron chi connectivity index (χ0n) is 10.9. The van der Waals surface area contributed by atoms with Crippen molar-refractivity contribution in [3.05, 3.63) is 27.7 Å². The van der Waals surface area contributed by atoms with E-state index in [1.807, 2.05) is 12.1 Å². The van der Waals surface area contributed by atoms with Crippen molar-refractivity contribution >= 4 is 56.5 Å². The van der Waals surface area contributed by atoms with E-state index in [9.17, 15) is 4.79 Å². The number of anilines is 1. The van der Waals surface area contributed by atoms with Gasteiger partial charge in [-0.05, 0) is 59.2 Å². The summed E-state index contributed by atoms with van der Waals surface area (Å²) in [6.45, 7) is 0. The summed E-state index contributed by atoms with van der Waals surface area (Å²) in [5.74, 6) is 0.113. The summed E-state index contributed by atoms with van der Waals surface area (Å²) >= 11 is 14.5. The first-order valence-electron chi connectivity index (χ1n) is 6.63. The van der Waals surface area contributed by atoms with Crippen LogP contribution in [0, 0.1) is 5.92 Å². The molecule has 1 saturated carbocycles. The lowest BCUT2D eigenvalue weighted by molar-refractivity contribution is -0.124. The first-order valence-corrected chi connectivity index (χ1v) is 8.21. The van der Waals surface area contributed by atoms with Gasteiger partial charge < -0.3 is 10.6 Å². The monoisotopic (exact) mass is 374 g/mol. The Morgan fingerprint density at radius 3 is 2.65 bits per heavy atom. The normalized spacial score (nSPS) is 15.7. The molecule has 0 aliphatic heterocycles. The van der Waals surface area contributed by atoms with Crippen molar-refractivity contribution in [1.29, 1.82) is 0 Å². The first kappa shape index (κ1) is 15.7. The topological polar surface area (TPSA) is 41.1 Å². The molecule has 20 heavy (non-hydrogen) atoms. The average Bonchev–Trinajstić information content (AvgIpc) is 2.44. The van der Waals surface area contributed by atoms with Gasteiger partial charge >= 0.3 is 0 Å². The van der Waals surface area contributed by atoms with Crippen LogP contribution in [0.4, 0.5) is 5.69 Å². The Kier molecular flexibility index (Phi) is 5.81. The van der Waals surface area contributed by atoms with E-state index < -0.39 is 0 Å². The second-order valence-electron chi connectivity index (χ2n) is 4.91. The summed E-state index contributed by atoms with van der Waals surface area (Å²) in [5, 5.41) is 6.65. The van der Waals surface area contributed by atoms with E-state index in [1.54, 1.807) is 6.07 Å². The predicted molar refractivity (Wildman–Crippen MR) is 90.1 cm³/mol. The van der Waals surface area contributed by atoms with Crippen LogP contribution < -0.4 is 10.6 Å². The Bertz CT molecular complexity index is 518. The van der Waals surface area contributed by atoms with Crippen LogP contribution >= 0.6 is 39.7 Å². The van der Waals surface area contributed by atoms with Gasteiger partial charge in [0.05, 0.1) is 5.02 Å². The fourth-order valence-corrected chi connectivity index (χ4v) is 2.96. The highest BCUT2D eigenvalue weighted by atomic mass is 79.9. The second kappa shape index (κ2) is 7.38. The smallest absolute Gasteiger partial charge is 0.229 e. The fourth-order valence-electron chi connectivity index (χ4n) is 2.31. The number of benzene rings is 1. The van der Waals surface area contributed by atoms with Crippen molar-refractivity contribution in [2.45, 2.75) is 32.1 Å². The lowest BCUT2D eigenvalue weighted by atomic mass is 9.89. The summed E-state index contributed by atoms with van der Waals surface area (Å²) < 4.78 is 0.821. The van der Waals surface area contributed by atoms with Crippen molar-refractivity contribution in [3.63, 3.8) is 0 Å². The summed E-state index contributed by atoms with van der Waals surface area (Å²) in [6, 6.07) is 5.43. The van der Waals surface area contributed by atoms with Gasteiger partial charge in [-0.2, -0.15) is 0 Å². The molecule has 0 unspecified atom stereocenters. The van der Waals surface area contributed by atoms with E-state index in [2.05, 4.69) is 26.6 Å². The molecular formula is C14H16BrClN2OS. The molecule has 1 aromatic rings. The number of hydrogen-bond donors (Lipinski definition) is 2. The molecule has 3 nitrogen and oxygen atoms in total. The van der Waals surface area contributed by atoms with E-state index in [1.165, 1.54) is 6.42 Å². The first-order chi connectivity index (χ1) is 9.56. The van der Waals surface area contributed by atoms with Gasteiger partial charge in [-0.25, -0.2) is 0 Å². The minimum absolute atomic E-state index is 0.0189. The quantitative estimate of drug-likeness (QED) is 0.748. The number of rotatable bonds is 2. The van der Waals surface area contributed by atoms with Gasteiger partial charge in [0.2, 0.25) is 5.91 Å². The number of amides is 1. The number of halogens is 2. The van der Waals surface area contributed by atoms with Crippen LogP contribution in [-0.2, 0) is 4.79 Å². The Morgan fingerprint density at radius 2 is 2.00 bits per heavy atom. The molecule has 0 spiro atoms. The molecule has 2 N–H and O–H groups in total.